The molecule has 0 heterocycles. The predicted molar refractivity (Wildman–Crippen MR) is 59.2 cm³/mol. The van der Waals surface area contributed by atoms with Gasteiger partial charge in [-0.1, -0.05) is 33.6 Å². The van der Waals surface area contributed by atoms with Gasteiger partial charge in [-0.2, -0.15) is 0 Å². The first-order valence-corrected chi connectivity index (χ1v) is 5.79. The van der Waals surface area contributed by atoms with Gasteiger partial charge in [0.1, 0.15) is 6.10 Å². The van der Waals surface area contributed by atoms with Crippen molar-refractivity contribution in [3.63, 3.8) is 0 Å². The maximum Gasteiger partial charge on any atom is 0.302 e. The zero-order valence-corrected chi connectivity index (χ0v) is 10.0. The van der Waals surface area contributed by atoms with E-state index in [1.807, 2.05) is 0 Å². The van der Waals surface area contributed by atoms with Crippen LogP contribution in [0.1, 0.15) is 59.8 Å². The Morgan fingerprint density at radius 2 is 1.79 bits per heavy atom. The highest BCUT2D eigenvalue weighted by molar-refractivity contribution is 5.66. The lowest BCUT2D eigenvalue weighted by atomic mass is 9.88. The third-order valence-electron chi connectivity index (χ3n) is 2.35. The fourth-order valence-electron chi connectivity index (χ4n) is 1.67. The van der Waals surface area contributed by atoms with E-state index in [4.69, 9.17) is 4.74 Å². The molecule has 2 atom stereocenters. The van der Waals surface area contributed by atoms with Gasteiger partial charge in [0.25, 0.3) is 0 Å². The molecule has 0 aromatic heterocycles. The molecule has 2 heteroatoms. The molecule has 1 fully saturated rings. The Bertz CT molecular complexity index is 154. The molecule has 14 heavy (non-hydrogen) atoms. The molecule has 0 aromatic carbocycles. The topological polar surface area (TPSA) is 26.3 Å². The first-order chi connectivity index (χ1) is 6.61. The second-order valence-electron chi connectivity index (χ2n) is 4.12. The molecular formula is C12H24O2. The van der Waals surface area contributed by atoms with Gasteiger partial charge >= 0.3 is 5.97 Å². The van der Waals surface area contributed by atoms with Crippen molar-refractivity contribution < 1.29 is 9.53 Å². The SMILES string of the molecule is CC(=O)O[C@H]1CCCC[C@@H]1C.CCC. The smallest absolute Gasteiger partial charge is 0.302 e. The summed E-state index contributed by atoms with van der Waals surface area (Å²) in [6.45, 7) is 7.90. The van der Waals surface area contributed by atoms with Crippen LogP contribution in [0.25, 0.3) is 0 Å². The van der Waals surface area contributed by atoms with Gasteiger partial charge in [0.2, 0.25) is 0 Å². The van der Waals surface area contributed by atoms with Crippen LogP contribution in [0.2, 0.25) is 0 Å². The molecule has 0 saturated heterocycles. The van der Waals surface area contributed by atoms with Crippen molar-refractivity contribution in [3.8, 4) is 0 Å². The molecule has 0 spiro atoms. The van der Waals surface area contributed by atoms with Gasteiger partial charge in [-0.25, -0.2) is 0 Å². The second kappa shape index (κ2) is 7.84. The standard InChI is InChI=1S/C9H16O2.C3H8/c1-7-5-3-4-6-9(7)11-8(2)10;1-3-2/h7,9H,3-6H2,1-2H3;3H2,1-2H3/t7-,9-;/m0./s1. The Morgan fingerprint density at radius 3 is 2.21 bits per heavy atom. The monoisotopic (exact) mass is 200 g/mol. The Hall–Kier alpha value is -0.530. The maximum atomic E-state index is 10.6. The molecule has 1 rings (SSSR count). The van der Waals surface area contributed by atoms with Crippen LogP contribution in [-0.4, -0.2) is 12.1 Å². The normalized spacial score (nSPS) is 26.0. The molecule has 2 nitrogen and oxygen atoms in total. The van der Waals surface area contributed by atoms with Crippen molar-refractivity contribution in [1.82, 2.24) is 0 Å². The molecule has 1 saturated carbocycles. The molecular weight excluding hydrogens is 176 g/mol. The summed E-state index contributed by atoms with van der Waals surface area (Å²) in [4.78, 5) is 10.6. The average molecular weight is 200 g/mol. The summed E-state index contributed by atoms with van der Waals surface area (Å²) in [5.41, 5.74) is 0. The van der Waals surface area contributed by atoms with Crippen LogP contribution >= 0.6 is 0 Å². The molecule has 0 amide bonds. The van der Waals surface area contributed by atoms with Crippen molar-refractivity contribution >= 4 is 5.97 Å². The van der Waals surface area contributed by atoms with Crippen LogP contribution in [0, 0.1) is 5.92 Å². The molecule has 0 bridgehead atoms. The molecule has 1 aliphatic rings. The Morgan fingerprint density at radius 1 is 1.29 bits per heavy atom. The molecule has 0 radical (unpaired) electrons. The summed E-state index contributed by atoms with van der Waals surface area (Å²) in [6, 6.07) is 0. The number of carbonyl (C=O) groups excluding carboxylic acids is 1. The molecule has 1 aliphatic carbocycles. The zero-order chi connectivity index (χ0) is 11.0. The van der Waals surface area contributed by atoms with Gasteiger partial charge in [0.05, 0.1) is 0 Å². The van der Waals surface area contributed by atoms with E-state index in [9.17, 15) is 4.79 Å². The van der Waals surface area contributed by atoms with E-state index in [1.54, 1.807) is 0 Å². The van der Waals surface area contributed by atoms with E-state index in [0.29, 0.717) is 5.92 Å². The largest absolute Gasteiger partial charge is 0.462 e. The Balaban J connectivity index is 0.000000500. The summed E-state index contributed by atoms with van der Waals surface area (Å²) in [5.74, 6) is 0.427. The molecule has 0 N–H and O–H groups in total. The fourth-order valence-corrected chi connectivity index (χ4v) is 1.67. The number of hydrogen-bond donors (Lipinski definition) is 0. The van der Waals surface area contributed by atoms with Crippen molar-refractivity contribution in [2.45, 2.75) is 65.9 Å². The third-order valence-corrected chi connectivity index (χ3v) is 2.35. The molecule has 0 aromatic rings. The van der Waals surface area contributed by atoms with Gasteiger partial charge in [-0.05, 0) is 25.2 Å². The van der Waals surface area contributed by atoms with Gasteiger partial charge in [-0.3, -0.25) is 4.79 Å². The minimum Gasteiger partial charge on any atom is -0.462 e. The lowest BCUT2D eigenvalue weighted by Gasteiger charge is -2.27. The highest BCUT2D eigenvalue weighted by Crippen LogP contribution is 2.26. The minimum atomic E-state index is -0.135. The van der Waals surface area contributed by atoms with Crippen LogP contribution < -0.4 is 0 Å². The zero-order valence-electron chi connectivity index (χ0n) is 10.0. The van der Waals surface area contributed by atoms with Gasteiger partial charge in [0, 0.05) is 6.92 Å². The van der Waals surface area contributed by atoms with E-state index in [2.05, 4.69) is 20.8 Å². The quantitative estimate of drug-likeness (QED) is 0.605. The minimum absolute atomic E-state index is 0.135. The van der Waals surface area contributed by atoms with E-state index in [-0.39, 0.29) is 12.1 Å². The van der Waals surface area contributed by atoms with Crippen LogP contribution in [-0.2, 0) is 9.53 Å². The summed E-state index contributed by atoms with van der Waals surface area (Å²) in [6.07, 6.45) is 6.21. The van der Waals surface area contributed by atoms with Gasteiger partial charge in [-0.15, -0.1) is 0 Å². The van der Waals surface area contributed by atoms with Crippen molar-refractivity contribution in [2.24, 2.45) is 5.92 Å². The Kier molecular flexibility index (Phi) is 7.54. The number of ether oxygens (including phenoxy) is 1. The highest BCUT2D eigenvalue weighted by atomic mass is 16.5. The van der Waals surface area contributed by atoms with Crippen LogP contribution in [0.5, 0.6) is 0 Å². The number of carbonyl (C=O) groups is 1. The summed E-state index contributed by atoms with van der Waals surface area (Å²) in [5, 5.41) is 0. The van der Waals surface area contributed by atoms with E-state index < -0.39 is 0 Å². The van der Waals surface area contributed by atoms with Crippen LogP contribution in [0.3, 0.4) is 0 Å². The summed E-state index contributed by atoms with van der Waals surface area (Å²) in [7, 11) is 0. The molecule has 0 aliphatic heterocycles. The number of hydrogen-bond acceptors (Lipinski definition) is 2. The van der Waals surface area contributed by atoms with Gasteiger partial charge < -0.3 is 4.74 Å². The van der Waals surface area contributed by atoms with Crippen molar-refractivity contribution in [3.05, 3.63) is 0 Å². The lowest BCUT2D eigenvalue weighted by Crippen LogP contribution is -2.27. The van der Waals surface area contributed by atoms with Gasteiger partial charge in [0.15, 0.2) is 0 Å². The first kappa shape index (κ1) is 13.5. The number of rotatable bonds is 1. The van der Waals surface area contributed by atoms with Crippen LogP contribution in [0.15, 0.2) is 0 Å². The summed E-state index contributed by atoms with van der Waals surface area (Å²) >= 11 is 0. The van der Waals surface area contributed by atoms with E-state index in [1.165, 1.54) is 32.6 Å². The van der Waals surface area contributed by atoms with Crippen molar-refractivity contribution in [1.29, 1.82) is 0 Å². The first-order valence-electron chi connectivity index (χ1n) is 5.79. The second-order valence-corrected chi connectivity index (χ2v) is 4.12. The number of esters is 1. The maximum absolute atomic E-state index is 10.6. The fraction of sp³-hybridized carbons (Fsp3) is 0.917. The average Bonchev–Trinajstić information content (AvgIpc) is 2.09. The molecule has 84 valence electrons. The van der Waals surface area contributed by atoms with Crippen molar-refractivity contribution in [2.75, 3.05) is 0 Å². The molecule has 0 unspecified atom stereocenters. The van der Waals surface area contributed by atoms with E-state index >= 15 is 0 Å². The van der Waals surface area contributed by atoms with E-state index in [0.717, 1.165) is 6.42 Å². The predicted octanol–water partition coefficient (Wildman–Crippen LogP) is 3.54. The highest BCUT2D eigenvalue weighted by Gasteiger charge is 2.23. The van der Waals surface area contributed by atoms with Crippen LogP contribution in [0.4, 0.5) is 0 Å². The lowest BCUT2D eigenvalue weighted by molar-refractivity contribution is -0.150. The Labute approximate surface area is 88.0 Å². The summed E-state index contributed by atoms with van der Waals surface area (Å²) < 4.78 is 5.16. The third kappa shape index (κ3) is 6.01.